The van der Waals surface area contributed by atoms with Gasteiger partial charge in [0.25, 0.3) is 0 Å². The normalized spacial score (nSPS) is 10.8. The van der Waals surface area contributed by atoms with Gasteiger partial charge in [-0.25, -0.2) is 0 Å². The minimum atomic E-state index is -0.279. The highest BCUT2D eigenvalue weighted by atomic mass is 79.9. The highest BCUT2D eigenvalue weighted by molar-refractivity contribution is 9.10. The molecule has 1 heterocycles. The molecule has 1 aromatic heterocycles. The van der Waals surface area contributed by atoms with Crippen LogP contribution >= 0.6 is 15.9 Å². The zero-order valence-corrected chi connectivity index (χ0v) is 15.4. The minimum absolute atomic E-state index is 0.0294. The standard InChI is InChI=1S/C18H19BrN2O3/c1-12-4-5-13(2)15(10-12)20-17(22)11-21(3)18(23)9-7-14-6-8-16(19)24-14/h4-10H,11H2,1-3H3,(H,20,22)/b9-7+. The number of nitrogens with one attached hydrogen (secondary N) is 1. The number of carbonyl (C=O) groups excluding carboxylic acids is 2. The quantitative estimate of drug-likeness (QED) is 0.790. The summed E-state index contributed by atoms with van der Waals surface area (Å²) in [7, 11) is 1.58. The highest BCUT2D eigenvalue weighted by Gasteiger charge is 2.12. The van der Waals surface area contributed by atoms with Gasteiger partial charge in [0.2, 0.25) is 11.8 Å². The molecule has 6 heteroatoms. The van der Waals surface area contributed by atoms with Gasteiger partial charge >= 0.3 is 0 Å². The molecular formula is C18H19BrN2O3. The predicted molar refractivity (Wildman–Crippen MR) is 97.6 cm³/mol. The molecule has 0 fully saturated rings. The first-order valence-corrected chi connectivity index (χ1v) is 8.20. The van der Waals surface area contributed by atoms with Gasteiger partial charge in [-0.1, -0.05) is 12.1 Å². The van der Waals surface area contributed by atoms with E-state index in [1.807, 2.05) is 32.0 Å². The number of halogens is 1. The number of anilines is 1. The van der Waals surface area contributed by atoms with Crippen LogP contribution in [0.4, 0.5) is 5.69 Å². The molecule has 5 nitrogen and oxygen atoms in total. The molecule has 0 saturated carbocycles. The summed E-state index contributed by atoms with van der Waals surface area (Å²) in [6.45, 7) is 3.86. The SMILES string of the molecule is Cc1ccc(C)c(NC(=O)CN(C)C(=O)/C=C/c2ccc(Br)o2)c1. The van der Waals surface area contributed by atoms with Crippen LogP contribution in [0.25, 0.3) is 6.08 Å². The first-order chi connectivity index (χ1) is 11.3. The first-order valence-electron chi connectivity index (χ1n) is 7.41. The van der Waals surface area contributed by atoms with Gasteiger partial charge in [-0.05, 0) is 65.2 Å². The van der Waals surface area contributed by atoms with Crippen molar-refractivity contribution in [3.63, 3.8) is 0 Å². The van der Waals surface area contributed by atoms with E-state index in [0.717, 1.165) is 16.8 Å². The number of hydrogen-bond donors (Lipinski definition) is 1. The van der Waals surface area contributed by atoms with Gasteiger partial charge < -0.3 is 14.6 Å². The Morgan fingerprint density at radius 2 is 2.00 bits per heavy atom. The van der Waals surface area contributed by atoms with Crippen molar-refractivity contribution in [2.75, 3.05) is 18.9 Å². The summed E-state index contributed by atoms with van der Waals surface area (Å²) < 4.78 is 5.87. The fraction of sp³-hybridized carbons (Fsp3) is 0.222. The van der Waals surface area contributed by atoms with Gasteiger partial charge in [0.15, 0.2) is 4.67 Å². The zero-order chi connectivity index (χ0) is 17.7. The van der Waals surface area contributed by atoms with Gasteiger partial charge in [-0.15, -0.1) is 0 Å². The molecule has 0 aliphatic heterocycles. The average Bonchev–Trinajstić information content (AvgIpc) is 2.94. The van der Waals surface area contributed by atoms with Crippen molar-refractivity contribution in [2.24, 2.45) is 0 Å². The maximum Gasteiger partial charge on any atom is 0.246 e. The Hall–Kier alpha value is -2.34. The van der Waals surface area contributed by atoms with E-state index in [0.29, 0.717) is 10.4 Å². The number of benzene rings is 1. The van der Waals surface area contributed by atoms with E-state index in [1.54, 1.807) is 25.3 Å². The number of likely N-dealkylation sites (N-methyl/N-ethyl adjacent to an activating group) is 1. The van der Waals surface area contributed by atoms with Crippen molar-refractivity contribution in [3.8, 4) is 0 Å². The molecule has 1 aromatic carbocycles. The van der Waals surface area contributed by atoms with E-state index in [-0.39, 0.29) is 18.4 Å². The summed E-state index contributed by atoms with van der Waals surface area (Å²) >= 11 is 3.19. The molecule has 1 N–H and O–H groups in total. The fourth-order valence-electron chi connectivity index (χ4n) is 2.05. The zero-order valence-electron chi connectivity index (χ0n) is 13.8. The summed E-state index contributed by atoms with van der Waals surface area (Å²) in [4.78, 5) is 25.5. The third-order valence-electron chi connectivity index (χ3n) is 3.41. The number of rotatable bonds is 5. The fourth-order valence-corrected chi connectivity index (χ4v) is 2.37. The second-order valence-corrected chi connectivity index (χ2v) is 6.32. The summed E-state index contributed by atoms with van der Waals surface area (Å²) in [5.41, 5.74) is 2.80. The van der Waals surface area contributed by atoms with Crippen molar-refractivity contribution in [1.82, 2.24) is 4.90 Å². The maximum absolute atomic E-state index is 12.1. The smallest absolute Gasteiger partial charge is 0.246 e. The van der Waals surface area contributed by atoms with Crippen molar-refractivity contribution in [3.05, 3.63) is 58.0 Å². The van der Waals surface area contributed by atoms with Gasteiger partial charge in [-0.2, -0.15) is 0 Å². The Morgan fingerprint density at radius 3 is 2.67 bits per heavy atom. The molecule has 0 spiro atoms. The number of carbonyl (C=O) groups is 2. The Balaban J connectivity index is 1.92. The van der Waals surface area contributed by atoms with Crippen LogP contribution in [-0.4, -0.2) is 30.3 Å². The Bertz CT molecular complexity index is 780. The lowest BCUT2D eigenvalue weighted by Gasteiger charge is -2.15. The Morgan fingerprint density at radius 1 is 1.25 bits per heavy atom. The van der Waals surface area contributed by atoms with Crippen LogP contribution in [0.1, 0.15) is 16.9 Å². The molecule has 2 rings (SSSR count). The van der Waals surface area contributed by atoms with Crippen LogP contribution in [0, 0.1) is 13.8 Å². The average molecular weight is 391 g/mol. The van der Waals surface area contributed by atoms with Crippen molar-refractivity contribution in [2.45, 2.75) is 13.8 Å². The monoisotopic (exact) mass is 390 g/mol. The van der Waals surface area contributed by atoms with Gasteiger partial charge in [0.1, 0.15) is 5.76 Å². The molecular weight excluding hydrogens is 372 g/mol. The van der Waals surface area contributed by atoms with Crippen LogP contribution in [0.3, 0.4) is 0 Å². The van der Waals surface area contributed by atoms with E-state index in [1.165, 1.54) is 11.0 Å². The molecule has 0 aliphatic rings. The summed E-state index contributed by atoms with van der Waals surface area (Å²) in [6, 6.07) is 9.32. The number of amides is 2. The molecule has 0 aliphatic carbocycles. The van der Waals surface area contributed by atoms with E-state index >= 15 is 0 Å². The summed E-state index contributed by atoms with van der Waals surface area (Å²) in [6.07, 6.45) is 2.93. The molecule has 2 aromatic rings. The molecule has 0 radical (unpaired) electrons. The molecule has 2 amide bonds. The molecule has 0 bridgehead atoms. The Kier molecular flexibility index (Phi) is 5.98. The number of nitrogens with zero attached hydrogens (tertiary/aromatic N) is 1. The molecule has 0 atom stereocenters. The lowest BCUT2D eigenvalue weighted by Crippen LogP contribution is -2.34. The van der Waals surface area contributed by atoms with Gasteiger partial charge in [-0.3, -0.25) is 9.59 Å². The van der Waals surface area contributed by atoms with Crippen LogP contribution in [0.2, 0.25) is 0 Å². The van der Waals surface area contributed by atoms with Crippen molar-refractivity contribution >= 4 is 39.5 Å². The highest BCUT2D eigenvalue weighted by Crippen LogP contribution is 2.16. The van der Waals surface area contributed by atoms with E-state index in [2.05, 4.69) is 21.2 Å². The van der Waals surface area contributed by atoms with Crippen molar-refractivity contribution in [1.29, 1.82) is 0 Å². The minimum Gasteiger partial charge on any atom is -0.450 e. The second kappa shape index (κ2) is 7.97. The number of furan rings is 1. The van der Waals surface area contributed by atoms with Gasteiger partial charge in [0, 0.05) is 18.8 Å². The maximum atomic E-state index is 12.1. The largest absolute Gasteiger partial charge is 0.450 e. The van der Waals surface area contributed by atoms with Crippen molar-refractivity contribution < 1.29 is 14.0 Å². The lowest BCUT2D eigenvalue weighted by atomic mass is 10.1. The van der Waals surface area contributed by atoms with Crippen LogP contribution in [0.15, 0.2) is 45.5 Å². The van der Waals surface area contributed by atoms with Gasteiger partial charge in [0.05, 0.1) is 6.54 Å². The molecule has 0 unspecified atom stereocenters. The predicted octanol–water partition coefficient (Wildman–Crippen LogP) is 3.77. The molecule has 0 saturated heterocycles. The van der Waals surface area contributed by atoms with E-state index in [9.17, 15) is 9.59 Å². The topological polar surface area (TPSA) is 62.6 Å². The van der Waals surface area contributed by atoms with E-state index < -0.39 is 0 Å². The van der Waals surface area contributed by atoms with Crippen LogP contribution in [-0.2, 0) is 9.59 Å². The molecule has 24 heavy (non-hydrogen) atoms. The third kappa shape index (κ3) is 5.09. The van der Waals surface area contributed by atoms with E-state index in [4.69, 9.17) is 4.42 Å². The first kappa shape index (κ1) is 18.0. The third-order valence-corrected chi connectivity index (χ3v) is 3.83. The summed E-state index contributed by atoms with van der Waals surface area (Å²) in [5.74, 6) is 0.0378. The number of aryl methyl sites for hydroxylation is 2. The van der Waals surface area contributed by atoms with Crippen LogP contribution in [0.5, 0.6) is 0 Å². The second-order valence-electron chi connectivity index (χ2n) is 5.54. The molecule has 126 valence electrons. The summed E-state index contributed by atoms with van der Waals surface area (Å²) in [5, 5.41) is 2.83. The van der Waals surface area contributed by atoms with Crippen LogP contribution < -0.4 is 5.32 Å². The Labute approximate surface area is 149 Å². The lowest BCUT2D eigenvalue weighted by molar-refractivity contribution is -0.129. The number of hydrogen-bond acceptors (Lipinski definition) is 3.